The largest absolute Gasteiger partial charge is 0.387 e. The Morgan fingerprint density at radius 2 is 2.46 bits per heavy atom. The van der Waals surface area contributed by atoms with Crippen molar-refractivity contribution in [2.24, 2.45) is 0 Å². The fraction of sp³-hybridized carbons (Fsp3) is 0.375. The van der Waals surface area contributed by atoms with Crippen LogP contribution in [-0.2, 0) is 4.74 Å². The molecule has 1 aliphatic carbocycles. The second kappa shape index (κ2) is 3.84. The van der Waals surface area contributed by atoms with Crippen molar-refractivity contribution in [1.29, 1.82) is 5.26 Å². The maximum Gasteiger partial charge on any atom is 0.292 e. The average molecular weight is 313 g/mol. The van der Waals surface area contributed by atoms with Crippen LogP contribution in [0.4, 0.5) is 4.39 Å². The quantitative estimate of drug-likeness (QED) is 0.422. The fourth-order valence-corrected chi connectivity index (χ4v) is 2.57. The third-order valence-electron chi connectivity index (χ3n) is 1.57. The SMILES string of the molecule is CC1=CC(F)(I)CC(Cl)=C1OC#N. The highest BCUT2D eigenvalue weighted by atomic mass is 127. The highest BCUT2D eigenvalue weighted by Gasteiger charge is 2.31. The van der Waals surface area contributed by atoms with Crippen LogP contribution in [0.5, 0.6) is 0 Å². The molecular weight excluding hydrogens is 307 g/mol. The minimum atomic E-state index is -1.47. The van der Waals surface area contributed by atoms with E-state index < -0.39 is 3.68 Å². The molecule has 0 spiro atoms. The highest BCUT2D eigenvalue weighted by molar-refractivity contribution is 14.1. The van der Waals surface area contributed by atoms with Crippen molar-refractivity contribution in [3.05, 3.63) is 22.4 Å². The van der Waals surface area contributed by atoms with Crippen molar-refractivity contribution in [2.75, 3.05) is 0 Å². The van der Waals surface area contributed by atoms with E-state index in [0.29, 0.717) is 5.57 Å². The molecule has 13 heavy (non-hydrogen) atoms. The molecule has 0 N–H and O–H groups in total. The van der Waals surface area contributed by atoms with E-state index in [-0.39, 0.29) is 17.2 Å². The molecule has 0 saturated carbocycles. The molecule has 1 unspecified atom stereocenters. The Kier molecular flexibility index (Phi) is 3.19. The third-order valence-corrected chi connectivity index (χ3v) is 2.57. The summed E-state index contributed by atoms with van der Waals surface area (Å²) in [6, 6.07) is 0. The Balaban J connectivity index is 3.00. The number of alkyl halides is 2. The molecule has 0 aromatic heterocycles. The molecule has 0 aliphatic heterocycles. The zero-order chi connectivity index (χ0) is 10.1. The molecule has 0 saturated heterocycles. The molecule has 1 atom stereocenters. The van der Waals surface area contributed by atoms with Gasteiger partial charge in [0, 0.05) is 6.42 Å². The van der Waals surface area contributed by atoms with Gasteiger partial charge in [-0.1, -0.05) is 11.6 Å². The van der Waals surface area contributed by atoms with Crippen molar-refractivity contribution in [3.63, 3.8) is 0 Å². The van der Waals surface area contributed by atoms with E-state index in [9.17, 15) is 4.39 Å². The van der Waals surface area contributed by atoms with Crippen LogP contribution in [0.1, 0.15) is 13.3 Å². The van der Waals surface area contributed by atoms with Gasteiger partial charge in [0.2, 0.25) is 0 Å². The van der Waals surface area contributed by atoms with Gasteiger partial charge in [-0.25, -0.2) is 4.39 Å². The first-order chi connectivity index (χ1) is 5.96. The maximum atomic E-state index is 13.4. The van der Waals surface area contributed by atoms with Gasteiger partial charge in [-0.05, 0) is 41.2 Å². The van der Waals surface area contributed by atoms with E-state index in [1.165, 1.54) is 12.3 Å². The lowest BCUT2D eigenvalue weighted by Crippen LogP contribution is -2.16. The lowest BCUT2D eigenvalue weighted by Gasteiger charge is -2.21. The molecule has 0 aromatic carbocycles. The zero-order valence-corrected chi connectivity index (χ0v) is 9.69. The number of allylic oxidation sites excluding steroid dienone is 3. The van der Waals surface area contributed by atoms with Gasteiger partial charge >= 0.3 is 0 Å². The summed E-state index contributed by atoms with van der Waals surface area (Å²) < 4.78 is 16.6. The van der Waals surface area contributed by atoms with Gasteiger partial charge in [0.15, 0.2) is 9.43 Å². The first-order valence-electron chi connectivity index (χ1n) is 3.48. The molecule has 0 bridgehead atoms. The molecule has 0 radical (unpaired) electrons. The number of hydrogen-bond donors (Lipinski definition) is 0. The minimum Gasteiger partial charge on any atom is -0.387 e. The van der Waals surface area contributed by atoms with Gasteiger partial charge in [0.05, 0.1) is 5.03 Å². The third kappa shape index (κ3) is 2.58. The molecule has 1 rings (SSSR count). The lowest BCUT2D eigenvalue weighted by atomic mass is 10.1. The van der Waals surface area contributed by atoms with Crippen LogP contribution >= 0.6 is 34.2 Å². The summed E-state index contributed by atoms with van der Waals surface area (Å²) in [6.45, 7) is 1.65. The Bertz CT molecular complexity index is 330. The summed E-state index contributed by atoms with van der Waals surface area (Å²) >= 11 is 7.42. The summed E-state index contributed by atoms with van der Waals surface area (Å²) in [7, 11) is 0. The summed E-state index contributed by atoms with van der Waals surface area (Å²) in [5.41, 5.74) is 0.551. The molecule has 1 aliphatic rings. The van der Waals surface area contributed by atoms with E-state index in [1.807, 2.05) is 0 Å². The predicted molar refractivity (Wildman–Crippen MR) is 55.8 cm³/mol. The smallest absolute Gasteiger partial charge is 0.292 e. The Hall–Kier alpha value is -0.280. The van der Waals surface area contributed by atoms with Gasteiger partial charge in [-0.15, -0.1) is 5.26 Å². The van der Waals surface area contributed by atoms with Crippen molar-refractivity contribution >= 4 is 34.2 Å². The normalized spacial score (nSPS) is 28.1. The zero-order valence-electron chi connectivity index (χ0n) is 6.77. The van der Waals surface area contributed by atoms with Crippen LogP contribution in [0.2, 0.25) is 0 Å². The van der Waals surface area contributed by atoms with Gasteiger partial charge in [-0.2, -0.15) is 0 Å². The minimum absolute atomic E-state index is 0.0451. The first kappa shape index (κ1) is 10.8. The van der Waals surface area contributed by atoms with Crippen LogP contribution in [0.3, 0.4) is 0 Å². The number of rotatable bonds is 1. The Morgan fingerprint density at radius 3 is 2.92 bits per heavy atom. The standard InChI is InChI=1S/C8H6ClFINO/c1-5-2-8(10,11)3-6(9)7(5)13-4-12/h2H,3H2,1H3. The Morgan fingerprint density at radius 1 is 1.85 bits per heavy atom. The van der Waals surface area contributed by atoms with Crippen LogP contribution in [-0.4, -0.2) is 3.68 Å². The fourth-order valence-electron chi connectivity index (χ4n) is 1.12. The second-order valence-corrected chi connectivity index (χ2v) is 4.94. The summed E-state index contributed by atoms with van der Waals surface area (Å²) in [5, 5.41) is 8.54. The van der Waals surface area contributed by atoms with Crippen molar-refractivity contribution in [2.45, 2.75) is 17.0 Å². The molecule has 5 heteroatoms. The van der Waals surface area contributed by atoms with Gasteiger partial charge in [0.25, 0.3) is 6.26 Å². The molecule has 0 aromatic rings. The summed E-state index contributed by atoms with van der Waals surface area (Å²) in [4.78, 5) is 0. The van der Waals surface area contributed by atoms with Crippen LogP contribution in [0.15, 0.2) is 22.4 Å². The molecular formula is C8H6ClFINO. The molecule has 2 nitrogen and oxygen atoms in total. The van der Waals surface area contributed by atoms with Crippen molar-refractivity contribution in [3.8, 4) is 6.26 Å². The van der Waals surface area contributed by atoms with Crippen LogP contribution in [0.25, 0.3) is 0 Å². The maximum absolute atomic E-state index is 13.4. The van der Waals surface area contributed by atoms with Gasteiger partial charge in [-0.3, -0.25) is 0 Å². The van der Waals surface area contributed by atoms with Gasteiger partial charge in [0.1, 0.15) is 0 Å². The van der Waals surface area contributed by atoms with E-state index in [4.69, 9.17) is 16.9 Å². The predicted octanol–water partition coefficient (Wildman–Crippen LogP) is 3.39. The topological polar surface area (TPSA) is 33.0 Å². The number of nitriles is 1. The second-order valence-electron chi connectivity index (χ2n) is 2.69. The monoisotopic (exact) mass is 313 g/mol. The Labute approximate surface area is 94.1 Å². The molecule has 0 heterocycles. The van der Waals surface area contributed by atoms with Crippen molar-refractivity contribution < 1.29 is 9.13 Å². The van der Waals surface area contributed by atoms with Crippen LogP contribution in [0, 0.1) is 11.5 Å². The van der Waals surface area contributed by atoms with E-state index in [1.54, 1.807) is 29.5 Å². The molecule has 0 amide bonds. The van der Waals surface area contributed by atoms with E-state index in [0.717, 1.165) is 0 Å². The van der Waals surface area contributed by atoms with E-state index >= 15 is 0 Å². The summed E-state index contributed by atoms with van der Waals surface area (Å²) in [5.74, 6) is 0.272. The first-order valence-corrected chi connectivity index (χ1v) is 4.94. The number of nitrogens with zero attached hydrogens (tertiary/aromatic N) is 1. The number of halogens is 3. The van der Waals surface area contributed by atoms with E-state index in [2.05, 4.69) is 4.74 Å². The highest BCUT2D eigenvalue weighted by Crippen LogP contribution is 2.40. The average Bonchev–Trinajstić information content (AvgIpc) is 1.94. The van der Waals surface area contributed by atoms with Gasteiger partial charge < -0.3 is 4.74 Å². The molecule has 70 valence electrons. The van der Waals surface area contributed by atoms with Crippen LogP contribution < -0.4 is 0 Å². The molecule has 0 fully saturated rings. The number of hydrogen-bond acceptors (Lipinski definition) is 2. The van der Waals surface area contributed by atoms with Crippen molar-refractivity contribution in [1.82, 2.24) is 0 Å². The number of ether oxygens (including phenoxy) is 1. The lowest BCUT2D eigenvalue weighted by molar-refractivity contribution is 0.339. The summed E-state index contributed by atoms with van der Waals surface area (Å²) in [6.07, 6.45) is 2.96.